The quantitative estimate of drug-likeness (QED) is 0.160. The normalized spacial score (nSPS) is 18.9. The molecule has 1 aliphatic rings. The van der Waals surface area contributed by atoms with Gasteiger partial charge >= 0.3 is 5.97 Å². The molecule has 0 aliphatic heterocycles. The molecule has 0 saturated heterocycles. The van der Waals surface area contributed by atoms with E-state index in [1.165, 1.54) is 56.9 Å². The molecule has 3 nitrogen and oxygen atoms in total. The number of thioether (sulfide) groups is 1. The van der Waals surface area contributed by atoms with Crippen LogP contribution in [-0.4, -0.2) is 24.3 Å². The third kappa shape index (κ3) is 9.76. The lowest BCUT2D eigenvalue weighted by atomic mass is 9.81. The van der Waals surface area contributed by atoms with E-state index < -0.39 is 0 Å². The molecule has 2 atom stereocenters. The summed E-state index contributed by atoms with van der Waals surface area (Å²) in [6, 6.07) is 8.38. The highest BCUT2D eigenvalue weighted by Crippen LogP contribution is 2.36. The van der Waals surface area contributed by atoms with E-state index in [4.69, 9.17) is 9.47 Å². The minimum Gasteiger partial charge on any atom is -0.483 e. The van der Waals surface area contributed by atoms with Crippen molar-refractivity contribution >= 4 is 17.7 Å². The van der Waals surface area contributed by atoms with Gasteiger partial charge < -0.3 is 9.47 Å². The first-order valence-electron chi connectivity index (χ1n) is 12.2. The monoisotopic (exact) mass is 434 g/mol. The lowest BCUT2D eigenvalue weighted by Crippen LogP contribution is -2.28. The number of hydrogen-bond acceptors (Lipinski definition) is 4. The number of carbonyl (C=O) groups is 1. The molecular weight excluding hydrogens is 392 g/mol. The van der Waals surface area contributed by atoms with Gasteiger partial charge in [0.1, 0.15) is 17.8 Å². The van der Waals surface area contributed by atoms with Gasteiger partial charge in [-0.25, -0.2) is 0 Å². The van der Waals surface area contributed by atoms with Crippen LogP contribution in [0.25, 0.3) is 0 Å². The number of hydrogen-bond donors (Lipinski definition) is 0. The molecule has 0 radical (unpaired) electrons. The smallest absolute Gasteiger partial charge is 0.306 e. The van der Waals surface area contributed by atoms with Crippen molar-refractivity contribution in [1.29, 1.82) is 0 Å². The second-order valence-corrected chi connectivity index (χ2v) is 9.43. The lowest BCUT2D eigenvalue weighted by Gasteiger charge is -2.31. The van der Waals surface area contributed by atoms with Crippen molar-refractivity contribution in [1.82, 2.24) is 0 Å². The Morgan fingerprint density at radius 2 is 1.57 bits per heavy atom. The van der Waals surface area contributed by atoms with Crippen LogP contribution in [0.4, 0.5) is 0 Å². The molecular formula is C26H42O3S. The number of esters is 1. The molecule has 170 valence electrons. The zero-order valence-corrected chi connectivity index (χ0v) is 20.0. The predicted octanol–water partition coefficient (Wildman–Crippen LogP) is 7.88. The number of unbranched alkanes of at least 4 members (excludes halogenated alkanes) is 8. The van der Waals surface area contributed by atoms with E-state index in [1.807, 2.05) is 18.4 Å². The lowest BCUT2D eigenvalue weighted by molar-refractivity contribution is -0.151. The van der Waals surface area contributed by atoms with Gasteiger partial charge in [-0.05, 0) is 49.6 Å². The van der Waals surface area contributed by atoms with Crippen LogP contribution in [0.15, 0.2) is 24.3 Å². The molecule has 30 heavy (non-hydrogen) atoms. The van der Waals surface area contributed by atoms with E-state index in [1.54, 1.807) is 11.8 Å². The van der Waals surface area contributed by atoms with Crippen LogP contribution in [0.5, 0.6) is 5.75 Å². The Hall–Kier alpha value is -1.16. The number of benzene rings is 1. The standard InChI is InChI=1S/C26H42O3S/c1-3-4-5-6-7-8-9-10-11-16-26(27)29-25-15-13-12-14-24(25)22-17-19-23(20-18-22)28-21-30-2/h17-20,24-25H,3-16,21H2,1-2H3/t24-,25+/m1/s1. The minimum atomic E-state index is -0.00484. The first-order chi connectivity index (χ1) is 14.7. The summed E-state index contributed by atoms with van der Waals surface area (Å²) in [7, 11) is 0. The SMILES string of the molecule is CCCCCCCCCCCC(=O)O[C@H]1CCCC[C@@H]1c1ccc(OCSC)cc1. The maximum absolute atomic E-state index is 12.4. The first-order valence-corrected chi connectivity index (χ1v) is 13.5. The van der Waals surface area contributed by atoms with Gasteiger partial charge in [0.05, 0.1) is 0 Å². The van der Waals surface area contributed by atoms with Crippen molar-refractivity contribution in [3.05, 3.63) is 29.8 Å². The third-order valence-corrected chi connectivity index (χ3v) is 6.48. The van der Waals surface area contributed by atoms with Crippen LogP contribution < -0.4 is 4.74 Å². The summed E-state index contributed by atoms with van der Waals surface area (Å²) in [5, 5.41) is 0. The van der Waals surface area contributed by atoms with Gasteiger partial charge in [-0.15, -0.1) is 11.8 Å². The fourth-order valence-corrected chi connectivity index (χ4v) is 4.62. The average molecular weight is 435 g/mol. The van der Waals surface area contributed by atoms with Crippen molar-refractivity contribution < 1.29 is 14.3 Å². The Labute approximate surface area is 188 Å². The summed E-state index contributed by atoms with van der Waals surface area (Å²) in [5.41, 5.74) is 1.27. The molecule has 4 heteroatoms. The van der Waals surface area contributed by atoms with Gasteiger partial charge in [-0.2, -0.15) is 0 Å². The van der Waals surface area contributed by atoms with Gasteiger partial charge in [0.15, 0.2) is 0 Å². The van der Waals surface area contributed by atoms with E-state index in [2.05, 4.69) is 19.1 Å². The van der Waals surface area contributed by atoms with Crippen molar-refractivity contribution in [2.75, 3.05) is 12.2 Å². The largest absolute Gasteiger partial charge is 0.483 e. The van der Waals surface area contributed by atoms with Crippen molar-refractivity contribution in [2.24, 2.45) is 0 Å². The Morgan fingerprint density at radius 3 is 2.23 bits per heavy atom. The summed E-state index contributed by atoms with van der Waals surface area (Å²) >= 11 is 1.67. The second kappa shape index (κ2) is 15.6. The first kappa shape index (κ1) is 25.1. The number of ether oxygens (including phenoxy) is 2. The zero-order valence-electron chi connectivity index (χ0n) is 19.2. The Morgan fingerprint density at radius 1 is 0.933 bits per heavy atom. The summed E-state index contributed by atoms with van der Waals surface area (Å²) in [6.07, 6.45) is 18.5. The highest BCUT2D eigenvalue weighted by molar-refractivity contribution is 7.98. The van der Waals surface area contributed by atoms with Gasteiger partial charge in [0.2, 0.25) is 0 Å². The van der Waals surface area contributed by atoms with E-state index in [0.29, 0.717) is 18.3 Å². The molecule has 0 amide bonds. The summed E-state index contributed by atoms with van der Waals surface area (Å²) in [6.45, 7) is 2.26. The summed E-state index contributed by atoms with van der Waals surface area (Å²) in [5.74, 6) is 1.89. The molecule has 0 spiro atoms. The van der Waals surface area contributed by atoms with Gasteiger partial charge in [-0.3, -0.25) is 4.79 Å². The van der Waals surface area contributed by atoms with Crippen molar-refractivity contribution in [3.8, 4) is 5.75 Å². The number of carbonyl (C=O) groups excluding carboxylic acids is 1. The predicted molar refractivity (Wildman–Crippen MR) is 128 cm³/mol. The van der Waals surface area contributed by atoms with Gasteiger partial charge in [0.25, 0.3) is 0 Å². The van der Waals surface area contributed by atoms with Crippen LogP contribution >= 0.6 is 11.8 Å². The van der Waals surface area contributed by atoms with E-state index >= 15 is 0 Å². The molecule has 0 bridgehead atoms. The van der Waals surface area contributed by atoms with Gasteiger partial charge in [-0.1, -0.05) is 76.8 Å². The van der Waals surface area contributed by atoms with Crippen LogP contribution in [0.1, 0.15) is 108 Å². The molecule has 1 fully saturated rings. The fourth-order valence-electron chi connectivity index (χ4n) is 4.37. The van der Waals surface area contributed by atoms with Gasteiger partial charge in [0, 0.05) is 12.3 Å². The summed E-state index contributed by atoms with van der Waals surface area (Å²) in [4.78, 5) is 12.4. The van der Waals surface area contributed by atoms with E-state index in [-0.39, 0.29) is 12.1 Å². The Bertz CT molecular complexity index is 572. The highest BCUT2D eigenvalue weighted by atomic mass is 32.2. The molecule has 1 aromatic carbocycles. The van der Waals surface area contributed by atoms with Crippen LogP contribution in [0.3, 0.4) is 0 Å². The molecule has 0 N–H and O–H groups in total. The molecule has 0 unspecified atom stereocenters. The zero-order chi connectivity index (χ0) is 21.4. The van der Waals surface area contributed by atoms with Crippen LogP contribution in [-0.2, 0) is 9.53 Å². The maximum Gasteiger partial charge on any atom is 0.306 e. The summed E-state index contributed by atoms with van der Waals surface area (Å²) < 4.78 is 11.6. The number of rotatable bonds is 15. The molecule has 0 aromatic heterocycles. The Kier molecular flexibility index (Phi) is 13.1. The maximum atomic E-state index is 12.4. The fraction of sp³-hybridized carbons (Fsp3) is 0.731. The third-order valence-electron chi connectivity index (χ3n) is 6.12. The van der Waals surface area contributed by atoms with Crippen molar-refractivity contribution in [3.63, 3.8) is 0 Å². The topological polar surface area (TPSA) is 35.5 Å². The van der Waals surface area contributed by atoms with Crippen LogP contribution in [0.2, 0.25) is 0 Å². The Balaban J connectivity index is 1.68. The minimum absolute atomic E-state index is 0.00484. The average Bonchev–Trinajstić information content (AvgIpc) is 2.77. The van der Waals surface area contributed by atoms with Crippen LogP contribution in [0, 0.1) is 0 Å². The highest BCUT2D eigenvalue weighted by Gasteiger charge is 2.29. The molecule has 2 rings (SSSR count). The molecule has 1 saturated carbocycles. The van der Waals surface area contributed by atoms with E-state index in [0.717, 1.165) is 37.9 Å². The van der Waals surface area contributed by atoms with Crippen molar-refractivity contribution in [2.45, 2.75) is 109 Å². The van der Waals surface area contributed by atoms with E-state index in [9.17, 15) is 4.79 Å². The molecule has 1 aliphatic carbocycles. The molecule has 0 heterocycles. The second-order valence-electron chi connectivity index (χ2n) is 8.62. The molecule has 1 aromatic rings.